The third kappa shape index (κ3) is 2.90. The first kappa shape index (κ1) is 11.3. The first-order valence-corrected chi connectivity index (χ1v) is 5.34. The number of rotatable bonds is 3. The van der Waals surface area contributed by atoms with Crippen LogP contribution in [-0.2, 0) is 4.79 Å². The van der Waals surface area contributed by atoms with Crippen molar-refractivity contribution in [2.24, 2.45) is 0 Å². The molecule has 2 N–H and O–H groups in total. The molecule has 0 spiro atoms. The highest BCUT2D eigenvalue weighted by molar-refractivity contribution is 6.00. The van der Waals surface area contributed by atoms with Gasteiger partial charge in [0.1, 0.15) is 0 Å². The molecule has 0 atom stereocenters. The number of aromatic nitrogens is 1. The van der Waals surface area contributed by atoms with Crippen LogP contribution in [0.2, 0.25) is 0 Å². The molecule has 17 heavy (non-hydrogen) atoms. The molecule has 1 aliphatic rings. The van der Waals surface area contributed by atoms with Crippen molar-refractivity contribution in [1.29, 1.82) is 0 Å². The number of carboxylic acids is 1. The number of nitrogens with one attached hydrogen (secondary N) is 1. The van der Waals surface area contributed by atoms with Gasteiger partial charge in [0.2, 0.25) is 5.91 Å². The van der Waals surface area contributed by atoms with E-state index in [0.29, 0.717) is 5.69 Å². The van der Waals surface area contributed by atoms with Crippen LogP contribution in [0.15, 0.2) is 30.1 Å². The van der Waals surface area contributed by atoms with Gasteiger partial charge in [0.25, 0.3) is 0 Å². The second-order valence-electron chi connectivity index (χ2n) is 3.91. The highest BCUT2D eigenvalue weighted by atomic mass is 16.4. The third-order valence-electron chi connectivity index (χ3n) is 2.58. The normalized spacial score (nSPS) is 13.8. The summed E-state index contributed by atoms with van der Waals surface area (Å²) in [5.41, 5.74) is 1.58. The molecule has 0 bridgehead atoms. The van der Waals surface area contributed by atoms with Crippen LogP contribution in [0.5, 0.6) is 0 Å². The fourth-order valence-corrected chi connectivity index (χ4v) is 1.51. The molecule has 1 aromatic heterocycles. The van der Waals surface area contributed by atoms with Gasteiger partial charge in [0.15, 0.2) is 0 Å². The largest absolute Gasteiger partial charge is 0.478 e. The van der Waals surface area contributed by atoms with Crippen LogP contribution in [0, 0.1) is 0 Å². The van der Waals surface area contributed by atoms with E-state index in [4.69, 9.17) is 5.11 Å². The Labute approximate surface area is 98.2 Å². The summed E-state index contributed by atoms with van der Waals surface area (Å²) in [5.74, 6) is -1.30. The van der Waals surface area contributed by atoms with Crippen molar-refractivity contribution in [3.8, 4) is 0 Å². The minimum atomic E-state index is -1.06. The minimum absolute atomic E-state index is 0.0547. The van der Waals surface area contributed by atoms with Gasteiger partial charge >= 0.3 is 5.97 Å². The second kappa shape index (κ2) is 4.78. The topological polar surface area (TPSA) is 79.3 Å². The molecule has 0 saturated heterocycles. The number of pyridine rings is 1. The fourth-order valence-electron chi connectivity index (χ4n) is 1.51. The second-order valence-corrected chi connectivity index (χ2v) is 3.91. The molecule has 5 nitrogen and oxygen atoms in total. The highest BCUT2D eigenvalue weighted by Crippen LogP contribution is 2.24. The summed E-state index contributed by atoms with van der Waals surface area (Å²) in [4.78, 5) is 26.0. The van der Waals surface area contributed by atoms with Crippen LogP contribution < -0.4 is 5.32 Å². The molecular formula is C12H12N2O3. The Kier molecular flexibility index (Phi) is 3.18. The van der Waals surface area contributed by atoms with Gasteiger partial charge in [0, 0.05) is 12.3 Å². The van der Waals surface area contributed by atoms with Gasteiger partial charge in [-0.05, 0) is 25.3 Å². The van der Waals surface area contributed by atoms with E-state index in [1.54, 1.807) is 6.08 Å². The summed E-state index contributed by atoms with van der Waals surface area (Å²) < 4.78 is 0. The summed E-state index contributed by atoms with van der Waals surface area (Å²) in [6, 6.07) is 1.38. The van der Waals surface area contributed by atoms with Crippen molar-refractivity contribution in [1.82, 2.24) is 4.98 Å². The molecule has 0 aromatic carbocycles. The van der Waals surface area contributed by atoms with Gasteiger partial charge in [-0.25, -0.2) is 4.79 Å². The minimum Gasteiger partial charge on any atom is -0.478 e. The number of hydrogen-bond acceptors (Lipinski definition) is 3. The first-order chi connectivity index (χ1) is 8.15. The van der Waals surface area contributed by atoms with E-state index < -0.39 is 5.97 Å². The molecule has 1 fully saturated rings. The number of carbonyl (C=O) groups is 2. The predicted octanol–water partition coefficient (Wildman–Crippen LogP) is 1.83. The van der Waals surface area contributed by atoms with Gasteiger partial charge in [-0.15, -0.1) is 0 Å². The van der Waals surface area contributed by atoms with E-state index in [2.05, 4.69) is 10.3 Å². The third-order valence-corrected chi connectivity index (χ3v) is 2.58. The van der Waals surface area contributed by atoms with Crippen LogP contribution in [0.4, 0.5) is 5.69 Å². The summed E-state index contributed by atoms with van der Waals surface area (Å²) in [7, 11) is 0. The molecule has 0 aliphatic heterocycles. The van der Waals surface area contributed by atoms with Gasteiger partial charge in [-0.1, -0.05) is 5.57 Å². The molecule has 88 valence electrons. The van der Waals surface area contributed by atoms with E-state index in [1.165, 1.54) is 18.5 Å². The highest BCUT2D eigenvalue weighted by Gasteiger charge is 2.11. The number of allylic oxidation sites excluding steroid dienone is 1. The number of amides is 1. The van der Waals surface area contributed by atoms with Crippen molar-refractivity contribution in [3.05, 3.63) is 35.7 Å². The lowest BCUT2D eigenvalue weighted by atomic mass is 9.92. The van der Waals surface area contributed by atoms with E-state index in [0.717, 1.165) is 24.8 Å². The van der Waals surface area contributed by atoms with Crippen molar-refractivity contribution < 1.29 is 14.7 Å². The Morgan fingerprint density at radius 2 is 2.12 bits per heavy atom. The Balaban J connectivity index is 2.05. The predicted molar refractivity (Wildman–Crippen MR) is 61.8 cm³/mol. The molecular weight excluding hydrogens is 220 g/mol. The zero-order valence-electron chi connectivity index (χ0n) is 9.14. The Morgan fingerprint density at radius 1 is 1.35 bits per heavy atom. The lowest BCUT2D eigenvalue weighted by Gasteiger charge is -2.15. The molecule has 0 unspecified atom stereocenters. The number of nitrogens with zero attached hydrogens (tertiary/aromatic N) is 1. The molecule has 1 amide bonds. The van der Waals surface area contributed by atoms with Crippen LogP contribution in [0.1, 0.15) is 29.6 Å². The molecule has 1 aliphatic carbocycles. The van der Waals surface area contributed by atoms with Crippen LogP contribution in [-0.4, -0.2) is 22.0 Å². The number of aromatic carboxylic acids is 1. The number of carbonyl (C=O) groups excluding carboxylic acids is 1. The van der Waals surface area contributed by atoms with Crippen molar-refractivity contribution in [3.63, 3.8) is 0 Å². The maximum absolute atomic E-state index is 11.5. The molecule has 1 heterocycles. The van der Waals surface area contributed by atoms with E-state index >= 15 is 0 Å². The summed E-state index contributed by atoms with van der Waals surface area (Å²) in [6.45, 7) is 0. The smallest absolute Gasteiger partial charge is 0.337 e. The summed E-state index contributed by atoms with van der Waals surface area (Å²) in [5, 5.41) is 11.4. The lowest BCUT2D eigenvalue weighted by molar-refractivity contribution is -0.112. The van der Waals surface area contributed by atoms with Crippen molar-refractivity contribution >= 4 is 17.6 Å². The van der Waals surface area contributed by atoms with Gasteiger partial charge < -0.3 is 10.4 Å². The van der Waals surface area contributed by atoms with Gasteiger partial charge in [0.05, 0.1) is 17.4 Å². The van der Waals surface area contributed by atoms with Crippen LogP contribution >= 0.6 is 0 Å². The first-order valence-electron chi connectivity index (χ1n) is 5.34. The van der Waals surface area contributed by atoms with Crippen molar-refractivity contribution in [2.75, 3.05) is 5.32 Å². The zero-order chi connectivity index (χ0) is 12.3. The molecule has 5 heteroatoms. The Bertz CT molecular complexity index is 488. The molecule has 1 aromatic rings. The number of hydrogen-bond donors (Lipinski definition) is 2. The number of anilines is 1. The molecule has 0 radical (unpaired) electrons. The van der Waals surface area contributed by atoms with Crippen molar-refractivity contribution in [2.45, 2.75) is 19.3 Å². The standard InChI is InChI=1S/C12H12N2O3/c15-11(4-8-2-1-3-8)14-10-5-9(12(16)17)6-13-7-10/h4-7H,1-3H2,(H,14,15)(H,16,17). The van der Waals surface area contributed by atoms with E-state index in [-0.39, 0.29) is 11.5 Å². The number of carboxylic acid groups (broad SMARTS) is 1. The summed E-state index contributed by atoms with van der Waals surface area (Å²) >= 11 is 0. The Hall–Kier alpha value is -2.17. The Morgan fingerprint density at radius 3 is 2.71 bits per heavy atom. The SMILES string of the molecule is O=C(C=C1CCC1)Nc1cncc(C(=O)O)c1. The summed E-state index contributed by atoms with van der Waals surface area (Å²) in [6.07, 6.45) is 7.31. The van der Waals surface area contributed by atoms with E-state index in [9.17, 15) is 9.59 Å². The maximum Gasteiger partial charge on any atom is 0.337 e. The van der Waals surface area contributed by atoms with Gasteiger partial charge in [-0.2, -0.15) is 0 Å². The van der Waals surface area contributed by atoms with Gasteiger partial charge in [-0.3, -0.25) is 9.78 Å². The average Bonchev–Trinajstić information content (AvgIpc) is 2.24. The molecule has 1 saturated carbocycles. The van der Waals surface area contributed by atoms with Crippen LogP contribution in [0.3, 0.4) is 0 Å². The molecule has 2 rings (SSSR count). The lowest BCUT2D eigenvalue weighted by Crippen LogP contribution is -2.12. The monoisotopic (exact) mass is 232 g/mol. The quantitative estimate of drug-likeness (QED) is 0.779. The van der Waals surface area contributed by atoms with Crippen LogP contribution in [0.25, 0.3) is 0 Å². The zero-order valence-corrected chi connectivity index (χ0v) is 9.14. The average molecular weight is 232 g/mol. The fraction of sp³-hybridized carbons (Fsp3) is 0.250. The maximum atomic E-state index is 11.5. The van der Waals surface area contributed by atoms with E-state index in [1.807, 2.05) is 0 Å².